The van der Waals surface area contributed by atoms with Crippen LogP contribution < -0.4 is 14.4 Å². The van der Waals surface area contributed by atoms with Gasteiger partial charge in [0.1, 0.15) is 23.9 Å². The molecule has 3 aromatic rings. The van der Waals surface area contributed by atoms with Gasteiger partial charge < -0.3 is 14.4 Å². The number of fused-ring (bicyclic) bond motifs is 1. The minimum absolute atomic E-state index is 0.146. The molecule has 0 fully saturated rings. The maximum absolute atomic E-state index is 13.4. The number of benzene rings is 3. The molecule has 1 aliphatic heterocycles. The second kappa shape index (κ2) is 9.27. The summed E-state index contributed by atoms with van der Waals surface area (Å²) in [5.74, 6) is 0.961. The first-order chi connectivity index (χ1) is 15.5. The first kappa shape index (κ1) is 21.6. The summed E-state index contributed by atoms with van der Waals surface area (Å²) in [6.45, 7) is 8.22. The molecule has 0 spiro atoms. The zero-order valence-corrected chi connectivity index (χ0v) is 18.5. The summed E-state index contributed by atoms with van der Waals surface area (Å²) in [6, 6.07) is 17.8. The average molecular weight is 432 g/mol. The third kappa shape index (κ3) is 4.37. The summed E-state index contributed by atoms with van der Waals surface area (Å²) in [5.41, 5.74) is 4.04. The predicted molar refractivity (Wildman–Crippen MR) is 125 cm³/mol. The van der Waals surface area contributed by atoms with Gasteiger partial charge in [0.15, 0.2) is 5.76 Å². The van der Waals surface area contributed by atoms with Crippen molar-refractivity contribution in [2.75, 3.05) is 18.0 Å². The lowest BCUT2D eigenvalue weighted by atomic mass is 10.1. The molecule has 0 aliphatic carbocycles. The van der Waals surface area contributed by atoms with Crippen LogP contribution in [0.3, 0.4) is 0 Å². The Morgan fingerprint density at radius 2 is 1.78 bits per heavy atom. The Balaban J connectivity index is 1.52. The number of ketones is 1. The van der Waals surface area contributed by atoms with Crippen LogP contribution in [0.5, 0.6) is 11.5 Å². The van der Waals surface area contributed by atoms with Crippen molar-refractivity contribution >= 4 is 17.5 Å². The van der Waals surface area contributed by atoms with Gasteiger partial charge in [-0.2, -0.15) is 0 Å². The molecular formula is C27H26FNO3. The fourth-order valence-electron chi connectivity index (χ4n) is 3.83. The molecule has 32 heavy (non-hydrogen) atoms. The number of carbonyl (C=O) groups is 1. The zero-order chi connectivity index (χ0) is 22.7. The number of halogens is 1. The van der Waals surface area contributed by atoms with Gasteiger partial charge in [0, 0.05) is 24.3 Å². The van der Waals surface area contributed by atoms with E-state index in [1.54, 1.807) is 30.3 Å². The van der Waals surface area contributed by atoms with E-state index in [-0.39, 0.29) is 18.2 Å². The summed E-state index contributed by atoms with van der Waals surface area (Å²) >= 11 is 0. The van der Waals surface area contributed by atoms with E-state index in [1.807, 2.05) is 19.1 Å². The van der Waals surface area contributed by atoms with Gasteiger partial charge in [0.05, 0.1) is 5.56 Å². The van der Waals surface area contributed by atoms with Crippen LogP contribution in [0.25, 0.3) is 6.08 Å². The van der Waals surface area contributed by atoms with Crippen LogP contribution in [0.15, 0.2) is 66.4 Å². The molecule has 0 amide bonds. The number of anilines is 1. The maximum Gasteiger partial charge on any atom is 0.231 e. The topological polar surface area (TPSA) is 38.8 Å². The van der Waals surface area contributed by atoms with Gasteiger partial charge in [-0.25, -0.2) is 4.39 Å². The highest BCUT2D eigenvalue weighted by atomic mass is 19.1. The normalized spacial score (nSPS) is 13.8. The number of nitrogens with zero attached hydrogens (tertiary/aromatic N) is 1. The van der Waals surface area contributed by atoms with Gasteiger partial charge in [-0.15, -0.1) is 0 Å². The molecule has 1 heterocycles. The summed E-state index contributed by atoms with van der Waals surface area (Å²) in [6.07, 6.45) is 1.76. The van der Waals surface area contributed by atoms with Crippen molar-refractivity contribution in [3.05, 3.63) is 94.5 Å². The van der Waals surface area contributed by atoms with E-state index in [9.17, 15) is 9.18 Å². The molecule has 1 aliphatic rings. The molecule has 0 unspecified atom stereocenters. The second-order valence-electron chi connectivity index (χ2n) is 7.69. The van der Waals surface area contributed by atoms with Crippen LogP contribution in [0, 0.1) is 12.7 Å². The van der Waals surface area contributed by atoms with Crippen molar-refractivity contribution in [3.8, 4) is 11.5 Å². The third-order valence-electron chi connectivity index (χ3n) is 5.64. The van der Waals surface area contributed by atoms with Crippen molar-refractivity contribution < 1.29 is 18.7 Å². The van der Waals surface area contributed by atoms with Crippen molar-refractivity contribution in [2.24, 2.45) is 0 Å². The Bertz CT molecular complexity index is 1160. The Hall–Kier alpha value is -3.60. The van der Waals surface area contributed by atoms with Crippen LogP contribution in [0.1, 0.15) is 40.9 Å². The first-order valence-electron chi connectivity index (χ1n) is 10.8. The van der Waals surface area contributed by atoms with Crippen LogP contribution in [-0.2, 0) is 6.61 Å². The number of hydrogen-bond acceptors (Lipinski definition) is 4. The largest absolute Gasteiger partial charge is 0.488 e. The standard InChI is InChI=1S/C27H26FNO3/c1-4-29(5-2)22-11-9-19(10-12-22)16-25-26(30)23-13-14-24(18(3)27(23)32-25)31-17-20-7-6-8-21(28)15-20/h6-16H,4-5,17H2,1-3H3/b25-16-. The highest BCUT2D eigenvalue weighted by molar-refractivity contribution is 6.15. The molecule has 0 bridgehead atoms. The molecule has 4 nitrogen and oxygen atoms in total. The second-order valence-corrected chi connectivity index (χ2v) is 7.69. The molecule has 0 saturated heterocycles. The number of hydrogen-bond donors (Lipinski definition) is 0. The molecule has 0 saturated carbocycles. The Kier molecular flexibility index (Phi) is 6.26. The van der Waals surface area contributed by atoms with Crippen LogP contribution in [0.2, 0.25) is 0 Å². The molecule has 0 aromatic heterocycles. The summed E-state index contributed by atoms with van der Waals surface area (Å²) in [7, 11) is 0. The maximum atomic E-state index is 13.4. The van der Waals surface area contributed by atoms with Crippen molar-refractivity contribution in [3.63, 3.8) is 0 Å². The molecule has 0 radical (unpaired) electrons. The highest BCUT2D eigenvalue weighted by Crippen LogP contribution is 2.39. The van der Waals surface area contributed by atoms with E-state index in [0.29, 0.717) is 22.8 Å². The van der Waals surface area contributed by atoms with E-state index in [2.05, 4.69) is 30.9 Å². The highest BCUT2D eigenvalue weighted by Gasteiger charge is 2.30. The Morgan fingerprint density at radius 3 is 2.47 bits per heavy atom. The number of ether oxygens (including phenoxy) is 2. The quantitative estimate of drug-likeness (QED) is 0.419. The summed E-state index contributed by atoms with van der Waals surface area (Å²) in [5, 5.41) is 0. The monoisotopic (exact) mass is 431 g/mol. The number of carbonyl (C=O) groups excluding carboxylic acids is 1. The number of allylic oxidation sites excluding steroid dienone is 1. The fourth-order valence-corrected chi connectivity index (χ4v) is 3.83. The minimum atomic E-state index is -0.300. The minimum Gasteiger partial charge on any atom is -0.488 e. The van der Waals surface area contributed by atoms with Crippen LogP contribution >= 0.6 is 0 Å². The van der Waals surface area contributed by atoms with Gasteiger partial charge in [0.25, 0.3) is 0 Å². The molecule has 164 valence electrons. The smallest absolute Gasteiger partial charge is 0.231 e. The van der Waals surface area contributed by atoms with Crippen molar-refractivity contribution in [2.45, 2.75) is 27.4 Å². The Morgan fingerprint density at radius 1 is 1.03 bits per heavy atom. The fraction of sp³-hybridized carbons (Fsp3) is 0.222. The van der Waals surface area contributed by atoms with E-state index < -0.39 is 0 Å². The molecular weight excluding hydrogens is 405 g/mol. The average Bonchev–Trinajstić information content (AvgIpc) is 3.11. The van der Waals surface area contributed by atoms with E-state index in [1.165, 1.54) is 12.1 Å². The van der Waals surface area contributed by atoms with Crippen LogP contribution in [-0.4, -0.2) is 18.9 Å². The lowest BCUT2D eigenvalue weighted by Crippen LogP contribution is -2.21. The van der Waals surface area contributed by atoms with Crippen LogP contribution in [0.4, 0.5) is 10.1 Å². The first-order valence-corrected chi connectivity index (χ1v) is 10.8. The molecule has 3 aromatic carbocycles. The van der Waals surface area contributed by atoms with Gasteiger partial charge >= 0.3 is 0 Å². The Labute approximate surface area is 187 Å². The predicted octanol–water partition coefficient (Wildman–Crippen LogP) is 6.18. The summed E-state index contributed by atoms with van der Waals surface area (Å²) in [4.78, 5) is 15.1. The third-order valence-corrected chi connectivity index (χ3v) is 5.64. The molecule has 4 rings (SSSR count). The lowest BCUT2D eigenvalue weighted by molar-refractivity contribution is 0.101. The number of Topliss-reactive ketones (excluding diaryl/α,β-unsaturated/α-hetero) is 1. The van der Waals surface area contributed by atoms with Gasteiger partial charge in [-0.1, -0.05) is 24.3 Å². The van der Waals surface area contributed by atoms with Crippen molar-refractivity contribution in [1.82, 2.24) is 0 Å². The van der Waals surface area contributed by atoms with E-state index >= 15 is 0 Å². The summed E-state index contributed by atoms with van der Waals surface area (Å²) < 4.78 is 25.2. The SMILES string of the molecule is CCN(CC)c1ccc(/C=C2\Oc3c(ccc(OCc4cccc(F)c4)c3C)C2=O)cc1. The zero-order valence-electron chi connectivity index (χ0n) is 18.5. The molecule has 5 heteroatoms. The molecule has 0 atom stereocenters. The molecule has 0 N–H and O–H groups in total. The number of rotatable bonds is 7. The van der Waals surface area contributed by atoms with E-state index in [4.69, 9.17) is 9.47 Å². The lowest BCUT2D eigenvalue weighted by Gasteiger charge is -2.20. The van der Waals surface area contributed by atoms with E-state index in [0.717, 1.165) is 35.5 Å². The van der Waals surface area contributed by atoms with Gasteiger partial charge in [-0.05, 0) is 74.4 Å². The van der Waals surface area contributed by atoms with Gasteiger partial charge in [0.2, 0.25) is 5.78 Å². The van der Waals surface area contributed by atoms with Crippen molar-refractivity contribution in [1.29, 1.82) is 0 Å². The van der Waals surface area contributed by atoms with Gasteiger partial charge in [-0.3, -0.25) is 4.79 Å².